The molecule has 0 spiro atoms. The lowest BCUT2D eigenvalue weighted by atomic mass is 9.94. The molecule has 1 atom stereocenters. The van der Waals surface area contributed by atoms with Crippen molar-refractivity contribution in [1.82, 2.24) is 4.98 Å². The summed E-state index contributed by atoms with van der Waals surface area (Å²) in [5.41, 5.74) is 0. The SMILES string of the molecule is CCOc1cccc(N2CCC(C(C)Br)CC2)n1. The van der Waals surface area contributed by atoms with Crippen LogP contribution in [0, 0.1) is 5.92 Å². The largest absolute Gasteiger partial charge is 0.478 e. The number of alkyl halides is 1. The molecule has 1 aromatic rings. The van der Waals surface area contributed by atoms with Crippen LogP contribution in [0.4, 0.5) is 5.82 Å². The van der Waals surface area contributed by atoms with Gasteiger partial charge in [0.15, 0.2) is 0 Å². The Hall–Kier alpha value is -0.770. The van der Waals surface area contributed by atoms with Crippen LogP contribution in [0.15, 0.2) is 18.2 Å². The van der Waals surface area contributed by atoms with Crippen molar-refractivity contribution in [2.45, 2.75) is 31.5 Å². The predicted molar refractivity (Wildman–Crippen MR) is 78.7 cm³/mol. The van der Waals surface area contributed by atoms with Crippen molar-refractivity contribution in [2.24, 2.45) is 5.92 Å². The molecule has 4 heteroatoms. The van der Waals surface area contributed by atoms with Gasteiger partial charge in [0.05, 0.1) is 6.61 Å². The van der Waals surface area contributed by atoms with Crippen molar-refractivity contribution in [3.05, 3.63) is 18.2 Å². The molecule has 0 aliphatic carbocycles. The first kappa shape index (κ1) is 13.7. The van der Waals surface area contributed by atoms with E-state index in [-0.39, 0.29) is 0 Å². The van der Waals surface area contributed by atoms with Crippen LogP contribution >= 0.6 is 15.9 Å². The van der Waals surface area contributed by atoms with Gasteiger partial charge in [-0.1, -0.05) is 28.9 Å². The number of anilines is 1. The van der Waals surface area contributed by atoms with Crippen LogP contribution in [0.5, 0.6) is 5.88 Å². The Labute approximate surface area is 118 Å². The summed E-state index contributed by atoms with van der Waals surface area (Å²) >= 11 is 3.69. The van der Waals surface area contributed by atoms with Crippen LogP contribution in [-0.4, -0.2) is 29.5 Å². The Balaban J connectivity index is 1.98. The molecule has 100 valence electrons. The Morgan fingerprint density at radius 3 is 2.78 bits per heavy atom. The molecule has 18 heavy (non-hydrogen) atoms. The minimum atomic E-state index is 0.613. The second-order valence-corrected chi connectivity index (χ2v) is 6.21. The summed E-state index contributed by atoms with van der Waals surface area (Å²) in [7, 11) is 0. The Kier molecular flexibility index (Phi) is 4.87. The third-order valence-corrected chi connectivity index (χ3v) is 4.26. The van der Waals surface area contributed by atoms with Gasteiger partial charge in [0.2, 0.25) is 5.88 Å². The highest BCUT2D eigenvalue weighted by Crippen LogP contribution is 2.27. The second kappa shape index (κ2) is 6.41. The highest BCUT2D eigenvalue weighted by Gasteiger charge is 2.23. The summed E-state index contributed by atoms with van der Waals surface area (Å²) in [6.07, 6.45) is 2.46. The Morgan fingerprint density at radius 2 is 2.17 bits per heavy atom. The highest BCUT2D eigenvalue weighted by molar-refractivity contribution is 9.09. The van der Waals surface area contributed by atoms with Gasteiger partial charge in [-0.15, -0.1) is 0 Å². The lowest BCUT2D eigenvalue weighted by Gasteiger charge is -2.34. The molecule has 0 saturated carbocycles. The fraction of sp³-hybridized carbons (Fsp3) is 0.643. The average Bonchev–Trinajstić information content (AvgIpc) is 2.39. The quantitative estimate of drug-likeness (QED) is 0.796. The van der Waals surface area contributed by atoms with E-state index in [0.29, 0.717) is 11.4 Å². The Bertz CT molecular complexity index is 376. The summed E-state index contributed by atoms with van der Waals surface area (Å²) in [6.45, 7) is 7.07. The number of piperidine rings is 1. The molecular formula is C14H21BrN2O. The minimum absolute atomic E-state index is 0.613. The van der Waals surface area contributed by atoms with E-state index < -0.39 is 0 Å². The van der Waals surface area contributed by atoms with Gasteiger partial charge in [-0.2, -0.15) is 4.98 Å². The standard InChI is InChI=1S/C14H21BrN2O/c1-3-18-14-6-4-5-13(16-14)17-9-7-12(8-10-17)11(2)15/h4-6,11-12H,3,7-10H2,1-2H3. The van der Waals surface area contributed by atoms with E-state index in [4.69, 9.17) is 4.74 Å². The number of ether oxygens (including phenoxy) is 1. The van der Waals surface area contributed by atoms with Gasteiger partial charge >= 0.3 is 0 Å². The summed E-state index contributed by atoms with van der Waals surface area (Å²) in [4.78, 5) is 7.52. The zero-order valence-electron chi connectivity index (χ0n) is 11.1. The maximum atomic E-state index is 5.45. The molecule has 1 aliphatic heterocycles. The van der Waals surface area contributed by atoms with Crippen LogP contribution in [0.25, 0.3) is 0 Å². The molecule has 2 rings (SSSR count). The molecule has 0 amide bonds. The van der Waals surface area contributed by atoms with E-state index in [0.717, 1.165) is 30.7 Å². The molecule has 0 bridgehead atoms. The van der Waals surface area contributed by atoms with Gasteiger partial charge < -0.3 is 9.64 Å². The maximum absolute atomic E-state index is 5.45. The van der Waals surface area contributed by atoms with E-state index in [1.165, 1.54) is 12.8 Å². The number of rotatable bonds is 4. The van der Waals surface area contributed by atoms with Gasteiger partial charge in [0, 0.05) is 24.0 Å². The van der Waals surface area contributed by atoms with E-state index in [9.17, 15) is 0 Å². The van der Waals surface area contributed by atoms with E-state index in [2.05, 4.69) is 38.8 Å². The smallest absolute Gasteiger partial charge is 0.215 e. The van der Waals surface area contributed by atoms with Crippen LogP contribution in [-0.2, 0) is 0 Å². The molecule has 1 fully saturated rings. The zero-order chi connectivity index (χ0) is 13.0. The number of halogens is 1. The molecule has 0 N–H and O–H groups in total. The van der Waals surface area contributed by atoms with Crippen LogP contribution in [0.3, 0.4) is 0 Å². The summed E-state index contributed by atoms with van der Waals surface area (Å²) < 4.78 is 5.45. The minimum Gasteiger partial charge on any atom is -0.478 e. The van der Waals surface area contributed by atoms with Crippen molar-refractivity contribution in [3.8, 4) is 5.88 Å². The number of pyridine rings is 1. The normalized spacial score (nSPS) is 18.7. The fourth-order valence-corrected chi connectivity index (χ4v) is 2.92. The van der Waals surface area contributed by atoms with E-state index >= 15 is 0 Å². The highest BCUT2D eigenvalue weighted by atomic mass is 79.9. The predicted octanol–water partition coefficient (Wildman–Crippen LogP) is 3.48. The monoisotopic (exact) mass is 312 g/mol. The molecule has 1 saturated heterocycles. The van der Waals surface area contributed by atoms with Gasteiger partial charge in [0.25, 0.3) is 0 Å². The average molecular weight is 313 g/mol. The van der Waals surface area contributed by atoms with Crippen molar-refractivity contribution < 1.29 is 4.74 Å². The molecule has 2 heterocycles. The second-order valence-electron chi connectivity index (χ2n) is 4.77. The topological polar surface area (TPSA) is 25.4 Å². The van der Waals surface area contributed by atoms with Gasteiger partial charge in [-0.05, 0) is 31.7 Å². The van der Waals surface area contributed by atoms with E-state index in [1.807, 2.05) is 19.1 Å². The first-order valence-electron chi connectivity index (χ1n) is 6.69. The molecule has 1 aromatic heterocycles. The number of hydrogen-bond donors (Lipinski definition) is 0. The molecule has 1 unspecified atom stereocenters. The summed E-state index contributed by atoms with van der Waals surface area (Å²) in [5.74, 6) is 2.56. The van der Waals surface area contributed by atoms with Gasteiger partial charge in [-0.25, -0.2) is 0 Å². The zero-order valence-corrected chi connectivity index (χ0v) is 12.7. The third kappa shape index (κ3) is 3.37. The van der Waals surface area contributed by atoms with Crippen molar-refractivity contribution >= 4 is 21.7 Å². The van der Waals surface area contributed by atoms with E-state index in [1.54, 1.807) is 0 Å². The maximum Gasteiger partial charge on any atom is 0.215 e. The number of hydrogen-bond acceptors (Lipinski definition) is 3. The van der Waals surface area contributed by atoms with Gasteiger partial charge in [-0.3, -0.25) is 0 Å². The van der Waals surface area contributed by atoms with Crippen molar-refractivity contribution in [2.75, 3.05) is 24.6 Å². The first-order chi connectivity index (χ1) is 8.70. The lowest BCUT2D eigenvalue weighted by molar-refractivity contribution is 0.326. The van der Waals surface area contributed by atoms with Crippen molar-refractivity contribution in [1.29, 1.82) is 0 Å². The van der Waals surface area contributed by atoms with Crippen LogP contribution in [0.1, 0.15) is 26.7 Å². The first-order valence-corrected chi connectivity index (χ1v) is 7.61. The van der Waals surface area contributed by atoms with Crippen molar-refractivity contribution in [3.63, 3.8) is 0 Å². The molecule has 0 radical (unpaired) electrons. The van der Waals surface area contributed by atoms with Gasteiger partial charge in [0.1, 0.15) is 5.82 Å². The molecule has 3 nitrogen and oxygen atoms in total. The molecule has 1 aliphatic rings. The van der Waals surface area contributed by atoms with Crippen LogP contribution in [0.2, 0.25) is 0 Å². The van der Waals surface area contributed by atoms with Crippen LogP contribution < -0.4 is 9.64 Å². The molecule has 0 aromatic carbocycles. The number of aromatic nitrogens is 1. The fourth-order valence-electron chi connectivity index (χ4n) is 2.40. The lowest BCUT2D eigenvalue weighted by Crippen LogP contribution is -2.36. The summed E-state index contributed by atoms with van der Waals surface area (Å²) in [6, 6.07) is 6.01. The Morgan fingerprint density at radius 1 is 1.44 bits per heavy atom. The third-order valence-electron chi connectivity index (χ3n) is 3.51. The number of nitrogens with zero attached hydrogens (tertiary/aromatic N) is 2. The molecular weight excluding hydrogens is 292 g/mol. The summed E-state index contributed by atoms with van der Waals surface area (Å²) in [5, 5.41) is 0.